The van der Waals surface area contributed by atoms with Gasteiger partial charge in [0, 0.05) is 19.0 Å². The normalized spacial score (nSPS) is 27.0. The molecular weight excluding hydrogens is 198 g/mol. The minimum absolute atomic E-state index is 0.229. The quantitative estimate of drug-likeness (QED) is 0.758. The van der Waals surface area contributed by atoms with Crippen molar-refractivity contribution in [2.45, 2.75) is 20.4 Å². The van der Waals surface area contributed by atoms with E-state index in [0.717, 1.165) is 13.1 Å². The summed E-state index contributed by atoms with van der Waals surface area (Å²) in [6.45, 7) is 6.75. The van der Waals surface area contributed by atoms with Gasteiger partial charge in [-0.3, -0.25) is 9.69 Å². The van der Waals surface area contributed by atoms with E-state index in [1.807, 2.05) is 25.1 Å². The third-order valence-corrected chi connectivity index (χ3v) is 3.54. The summed E-state index contributed by atoms with van der Waals surface area (Å²) in [6, 6.07) is 10.4. The Morgan fingerprint density at radius 3 is 2.56 bits per heavy atom. The first-order chi connectivity index (χ1) is 7.66. The Hall–Kier alpha value is -1.15. The van der Waals surface area contributed by atoms with Crippen LogP contribution in [0.4, 0.5) is 0 Å². The fraction of sp³-hybridized carbons (Fsp3) is 0.500. The summed E-state index contributed by atoms with van der Waals surface area (Å²) in [6.07, 6.45) is 0. The number of ketones is 1. The predicted octanol–water partition coefficient (Wildman–Crippen LogP) is 2.34. The molecule has 1 heterocycles. The Morgan fingerprint density at radius 2 is 1.94 bits per heavy atom. The molecule has 2 rings (SSSR count). The molecule has 1 aliphatic rings. The highest BCUT2D eigenvalue weighted by atomic mass is 16.1. The molecule has 0 spiro atoms. The molecule has 0 radical (unpaired) electrons. The molecular formula is C14H19NO. The molecule has 86 valence electrons. The van der Waals surface area contributed by atoms with Gasteiger partial charge < -0.3 is 0 Å². The van der Waals surface area contributed by atoms with E-state index < -0.39 is 0 Å². The molecule has 1 saturated heterocycles. The maximum atomic E-state index is 11.8. The largest absolute Gasteiger partial charge is 0.298 e. The topological polar surface area (TPSA) is 20.3 Å². The van der Waals surface area contributed by atoms with E-state index in [0.29, 0.717) is 18.2 Å². The number of carbonyl (C=O) groups excluding carboxylic acids is 1. The van der Waals surface area contributed by atoms with Gasteiger partial charge in [-0.05, 0) is 11.5 Å². The van der Waals surface area contributed by atoms with Gasteiger partial charge in [0.25, 0.3) is 0 Å². The third kappa shape index (κ3) is 2.50. The van der Waals surface area contributed by atoms with Crippen LogP contribution in [-0.4, -0.2) is 23.8 Å². The zero-order valence-electron chi connectivity index (χ0n) is 10.0. The number of nitrogens with zero attached hydrogens (tertiary/aromatic N) is 1. The maximum Gasteiger partial charge on any atom is 0.149 e. The second kappa shape index (κ2) is 4.79. The van der Waals surface area contributed by atoms with Crippen LogP contribution in [0.3, 0.4) is 0 Å². The monoisotopic (exact) mass is 217 g/mol. The average molecular weight is 217 g/mol. The Bertz CT molecular complexity index is 360. The van der Waals surface area contributed by atoms with Gasteiger partial charge >= 0.3 is 0 Å². The van der Waals surface area contributed by atoms with Crippen molar-refractivity contribution in [1.29, 1.82) is 0 Å². The van der Waals surface area contributed by atoms with Gasteiger partial charge in [-0.15, -0.1) is 0 Å². The van der Waals surface area contributed by atoms with Crippen LogP contribution in [0, 0.1) is 11.8 Å². The number of hydrogen-bond acceptors (Lipinski definition) is 2. The molecule has 0 aromatic heterocycles. The lowest BCUT2D eigenvalue weighted by Gasteiger charge is -2.34. The minimum atomic E-state index is 0.229. The van der Waals surface area contributed by atoms with Crippen LogP contribution < -0.4 is 0 Å². The molecule has 0 bridgehead atoms. The molecule has 0 saturated carbocycles. The van der Waals surface area contributed by atoms with Crippen LogP contribution in [0.2, 0.25) is 0 Å². The smallest absolute Gasteiger partial charge is 0.149 e. The van der Waals surface area contributed by atoms with E-state index in [1.165, 1.54) is 5.56 Å². The van der Waals surface area contributed by atoms with Gasteiger partial charge in [0.2, 0.25) is 0 Å². The van der Waals surface area contributed by atoms with Crippen LogP contribution in [0.5, 0.6) is 0 Å². The van der Waals surface area contributed by atoms with E-state index in [2.05, 4.69) is 24.0 Å². The lowest BCUT2D eigenvalue weighted by Crippen LogP contribution is -2.44. The first kappa shape index (κ1) is 11.3. The van der Waals surface area contributed by atoms with Crippen LogP contribution >= 0.6 is 0 Å². The summed E-state index contributed by atoms with van der Waals surface area (Å²) < 4.78 is 0. The van der Waals surface area contributed by atoms with Crippen molar-refractivity contribution in [2.24, 2.45) is 11.8 Å². The number of hydrogen-bond donors (Lipinski definition) is 0. The van der Waals surface area contributed by atoms with Crippen LogP contribution in [0.15, 0.2) is 30.3 Å². The summed E-state index contributed by atoms with van der Waals surface area (Å²) in [5.41, 5.74) is 1.29. The number of likely N-dealkylation sites (tertiary alicyclic amines) is 1. The second-order valence-corrected chi connectivity index (χ2v) is 4.89. The lowest BCUT2D eigenvalue weighted by atomic mass is 9.87. The summed E-state index contributed by atoms with van der Waals surface area (Å²) in [5, 5.41) is 0. The fourth-order valence-corrected chi connectivity index (χ4v) is 2.27. The molecule has 0 unspecified atom stereocenters. The Labute approximate surface area is 97.3 Å². The zero-order valence-corrected chi connectivity index (χ0v) is 10.0. The molecule has 1 fully saturated rings. The number of carbonyl (C=O) groups is 1. The Morgan fingerprint density at radius 1 is 1.25 bits per heavy atom. The van der Waals surface area contributed by atoms with Crippen molar-refractivity contribution in [1.82, 2.24) is 4.90 Å². The van der Waals surface area contributed by atoms with Gasteiger partial charge in [-0.2, -0.15) is 0 Å². The van der Waals surface area contributed by atoms with Crippen molar-refractivity contribution in [3.63, 3.8) is 0 Å². The minimum Gasteiger partial charge on any atom is -0.298 e. The Balaban J connectivity index is 1.99. The third-order valence-electron chi connectivity index (χ3n) is 3.54. The van der Waals surface area contributed by atoms with Gasteiger partial charge in [0.15, 0.2) is 0 Å². The van der Waals surface area contributed by atoms with Crippen LogP contribution in [-0.2, 0) is 11.3 Å². The summed E-state index contributed by atoms with van der Waals surface area (Å²) in [7, 11) is 0. The molecule has 1 aromatic carbocycles. The van der Waals surface area contributed by atoms with E-state index in [9.17, 15) is 4.79 Å². The maximum absolute atomic E-state index is 11.8. The molecule has 1 aromatic rings. The SMILES string of the molecule is C[C@@H]1CN(Cc2ccccc2)CC(=O)[C@@H]1C. The highest BCUT2D eigenvalue weighted by Gasteiger charge is 2.29. The molecule has 2 heteroatoms. The van der Waals surface area contributed by atoms with Gasteiger partial charge in [0.05, 0.1) is 6.54 Å². The average Bonchev–Trinajstić information content (AvgIpc) is 2.27. The van der Waals surface area contributed by atoms with Crippen LogP contribution in [0.25, 0.3) is 0 Å². The van der Waals surface area contributed by atoms with E-state index in [1.54, 1.807) is 0 Å². The number of piperidine rings is 1. The van der Waals surface area contributed by atoms with E-state index >= 15 is 0 Å². The number of rotatable bonds is 2. The first-order valence-corrected chi connectivity index (χ1v) is 5.96. The molecule has 16 heavy (non-hydrogen) atoms. The van der Waals surface area contributed by atoms with Crippen molar-refractivity contribution in [3.05, 3.63) is 35.9 Å². The molecule has 1 aliphatic heterocycles. The standard InChI is InChI=1S/C14H19NO/c1-11-8-15(10-14(16)12(11)2)9-13-6-4-3-5-7-13/h3-7,11-12H,8-10H2,1-2H3/t11-,12-/m1/s1. The molecule has 2 nitrogen and oxygen atoms in total. The van der Waals surface area contributed by atoms with E-state index in [4.69, 9.17) is 0 Å². The van der Waals surface area contributed by atoms with Gasteiger partial charge in [-0.25, -0.2) is 0 Å². The fourth-order valence-electron chi connectivity index (χ4n) is 2.27. The molecule has 0 N–H and O–H groups in total. The first-order valence-electron chi connectivity index (χ1n) is 5.96. The molecule has 2 atom stereocenters. The highest BCUT2D eigenvalue weighted by molar-refractivity contribution is 5.83. The summed E-state index contributed by atoms with van der Waals surface area (Å²) in [4.78, 5) is 14.0. The van der Waals surface area contributed by atoms with Gasteiger partial charge in [0.1, 0.15) is 5.78 Å². The number of benzene rings is 1. The van der Waals surface area contributed by atoms with Gasteiger partial charge in [-0.1, -0.05) is 44.2 Å². The zero-order chi connectivity index (χ0) is 11.5. The summed E-state index contributed by atoms with van der Waals surface area (Å²) in [5.74, 6) is 1.09. The highest BCUT2D eigenvalue weighted by Crippen LogP contribution is 2.21. The predicted molar refractivity (Wildman–Crippen MR) is 65.1 cm³/mol. The lowest BCUT2D eigenvalue weighted by molar-refractivity contribution is -0.128. The second-order valence-electron chi connectivity index (χ2n) is 4.89. The van der Waals surface area contributed by atoms with Crippen molar-refractivity contribution < 1.29 is 4.79 Å². The van der Waals surface area contributed by atoms with Crippen molar-refractivity contribution in [3.8, 4) is 0 Å². The summed E-state index contributed by atoms with van der Waals surface area (Å²) >= 11 is 0. The number of Topliss-reactive ketones (excluding diaryl/α,β-unsaturated/α-hetero) is 1. The van der Waals surface area contributed by atoms with Crippen molar-refractivity contribution in [2.75, 3.05) is 13.1 Å². The molecule has 0 amide bonds. The van der Waals surface area contributed by atoms with Crippen LogP contribution in [0.1, 0.15) is 19.4 Å². The Kier molecular flexibility index (Phi) is 3.39. The van der Waals surface area contributed by atoms with E-state index in [-0.39, 0.29) is 5.92 Å². The molecule has 0 aliphatic carbocycles. The van der Waals surface area contributed by atoms with Crippen molar-refractivity contribution >= 4 is 5.78 Å².